The summed E-state index contributed by atoms with van der Waals surface area (Å²) in [5.41, 5.74) is 2.11. The molecular weight excluding hydrogens is 268 g/mol. The Hall–Kier alpha value is -2.30. The molecule has 5 heteroatoms. The Labute approximate surface area is 124 Å². The number of H-pyrrole nitrogens is 1. The number of aromatic amines is 1. The van der Waals surface area contributed by atoms with Gasteiger partial charge in [0.2, 0.25) is 0 Å². The third kappa shape index (κ3) is 3.42. The summed E-state index contributed by atoms with van der Waals surface area (Å²) < 4.78 is 10.2. The number of nitrogens with one attached hydrogen (secondary N) is 1. The van der Waals surface area contributed by atoms with E-state index in [1.54, 1.807) is 14.0 Å². The van der Waals surface area contributed by atoms with Gasteiger partial charge in [-0.1, -0.05) is 13.3 Å². The van der Waals surface area contributed by atoms with Crippen LogP contribution in [0.5, 0.6) is 5.75 Å². The zero-order valence-electron chi connectivity index (χ0n) is 12.6. The first kappa shape index (κ1) is 15.1. The minimum Gasteiger partial charge on any atom is -0.497 e. The number of rotatable bonds is 6. The maximum atomic E-state index is 12.0. The number of nitrogens with zero attached hydrogens (tertiary/aromatic N) is 1. The number of carbonyl (C=O) groups excluding carboxylic acids is 1. The Morgan fingerprint density at radius 3 is 2.52 bits per heavy atom. The summed E-state index contributed by atoms with van der Waals surface area (Å²) >= 11 is 0. The second-order valence-corrected chi connectivity index (χ2v) is 4.61. The van der Waals surface area contributed by atoms with E-state index < -0.39 is 0 Å². The number of aromatic nitrogens is 2. The van der Waals surface area contributed by atoms with Crippen molar-refractivity contribution in [3.05, 3.63) is 35.7 Å². The highest BCUT2D eigenvalue weighted by Crippen LogP contribution is 2.22. The number of ether oxygens (including phenoxy) is 2. The lowest BCUT2D eigenvalue weighted by atomic mass is 10.2. The number of imidazole rings is 1. The number of hydrogen-bond donors (Lipinski definition) is 1. The van der Waals surface area contributed by atoms with Crippen molar-refractivity contribution in [1.29, 1.82) is 0 Å². The summed E-state index contributed by atoms with van der Waals surface area (Å²) in [6, 6.07) is 7.54. The lowest BCUT2D eigenvalue weighted by molar-refractivity contribution is 0.0519. The van der Waals surface area contributed by atoms with E-state index >= 15 is 0 Å². The summed E-state index contributed by atoms with van der Waals surface area (Å²) in [6.07, 6.45) is 1.69. The van der Waals surface area contributed by atoms with Gasteiger partial charge in [0.25, 0.3) is 0 Å². The summed E-state index contributed by atoms with van der Waals surface area (Å²) in [6.45, 7) is 4.19. The second-order valence-electron chi connectivity index (χ2n) is 4.61. The summed E-state index contributed by atoms with van der Waals surface area (Å²) in [5, 5.41) is 0. The van der Waals surface area contributed by atoms with E-state index in [0.717, 1.165) is 29.8 Å². The highest BCUT2D eigenvalue weighted by Gasteiger charge is 2.18. The van der Waals surface area contributed by atoms with Gasteiger partial charge in [-0.2, -0.15) is 0 Å². The van der Waals surface area contributed by atoms with Crippen LogP contribution in [-0.2, 0) is 11.2 Å². The first-order valence-electron chi connectivity index (χ1n) is 7.10. The molecular formula is C16H20N2O3. The normalized spacial score (nSPS) is 10.4. The van der Waals surface area contributed by atoms with E-state index in [4.69, 9.17) is 9.47 Å². The predicted octanol–water partition coefficient (Wildman–Crippen LogP) is 3.21. The summed E-state index contributed by atoms with van der Waals surface area (Å²) in [7, 11) is 1.63. The fourth-order valence-corrected chi connectivity index (χ4v) is 2.09. The van der Waals surface area contributed by atoms with Gasteiger partial charge in [-0.25, -0.2) is 9.78 Å². The standard InChI is InChI=1S/C16H20N2O3/c1-4-6-13-14(16(19)21-5-2)18-15(17-13)11-7-9-12(20-3)10-8-11/h7-10H,4-6H2,1-3H3,(H,17,18). The van der Waals surface area contributed by atoms with Crippen molar-refractivity contribution in [2.75, 3.05) is 13.7 Å². The first-order chi connectivity index (χ1) is 10.2. The highest BCUT2D eigenvalue weighted by molar-refractivity contribution is 5.89. The van der Waals surface area contributed by atoms with Crippen molar-refractivity contribution in [3.63, 3.8) is 0 Å². The van der Waals surface area contributed by atoms with E-state index in [1.807, 2.05) is 24.3 Å². The zero-order valence-corrected chi connectivity index (χ0v) is 12.6. The van der Waals surface area contributed by atoms with E-state index in [1.165, 1.54) is 0 Å². The molecule has 0 radical (unpaired) electrons. The number of esters is 1. The molecule has 2 rings (SSSR count). The summed E-state index contributed by atoms with van der Waals surface area (Å²) in [4.78, 5) is 19.6. The molecule has 1 N–H and O–H groups in total. The third-order valence-corrected chi connectivity index (χ3v) is 3.11. The van der Waals surface area contributed by atoms with Crippen LogP contribution in [0, 0.1) is 0 Å². The minimum atomic E-state index is -0.378. The number of carbonyl (C=O) groups is 1. The maximum absolute atomic E-state index is 12.0. The predicted molar refractivity (Wildman–Crippen MR) is 80.5 cm³/mol. The van der Waals surface area contributed by atoms with Gasteiger partial charge in [0.15, 0.2) is 5.69 Å². The van der Waals surface area contributed by atoms with Gasteiger partial charge in [0.05, 0.1) is 13.7 Å². The van der Waals surface area contributed by atoms with Crippen LogP contribution in [0.15, 0.2) is 24.3 Å². The molecule has 2 aromatic rings. The smallest absolute Gasteiger partial charge is 0.358 e. The minimum absolute atomic E-state index is 0.342. The molecule has 0 saturated heterocycles. The third-order valence-electron chi connectivity index (χ3n) is 3.11. The van der Waals surface area contributed by atoms with Crippen molar-refractivity contribution < 1.29 is 14.3 Å². The molecule has 0 spiro atoms. The molecule has 21 heavy (non-hydrogen) atoms. The van der Waals surface area contributed by atoms with Gasteiger partial charge in [-0.05, 0) is 37.6 Å². The van der Waals surface area contributed by atoms with E-state index in [-0.39, 0.29) is 5.97 Å². The van der Waals surface area contributed by atoms with Crippen LogP contribution in [0.25, 0.3) is 11.4 Å². The molecule has 0 saturated carbocycles. The SMILES string of the molecule is CCCc1[nH]c(-c2ccc(OC)cc2)nc1C(=O)OCC. The molecule has 0 atom stereocenters. The van der Waals surface area contributed by atoms with E-state index in [9.17, 15) is 4.79 Å². The average molecular weight is 288 g/mol. The maximum Gasteiger partial charge on any atom is 0.358 e. The van der Waals surface area contributed by atoms with Crippen molar-refractivity contribution in [3.8, 4) is 17.1 Å². The van der Waals surface area contributed by atoms with Crippen molar-refractivity contribution >= 4 is 5.97 Å². The zero-order chi connectivity index (χ0) is 15.2. The molecule has 1 aromatic carbocycles. The quantitative estimate of drug-likeness (QED) is 0.829. The molecule has 112 valence electrons. The van der Waals surface area contributed by atoms with Crippen LogP contribution in [0.4, 0.5) is 0 Å². The Balaban J connectivity index is 2.35. The van der Waals surface area contributed by atoms with Gasteiger partial charge in [-0.3, -0.25) is 0 Å². The van der Waals surface area contributed by atoms with Crippen LogP contribution in [0.1, 0.15) is 36.5 Å². The van der Waals surface area contributed by atoms with Gasteiger partial charge in [0.1, 0.15) is 11.6 Å². The van der Waals surface area contributed by atoms with Crippen LogP contribution in [0.2, 0.25) is 0 Å². The molecule has 0 aliphatic carbocycles. The van der Waals surface area contributed by atoms with Crippen LogP contribution >= 0.6 is 0 Å². The number of benzene rings is 1. The number of aryl methyl sites for hydroxylation is 1. The lowest BCUT2D eigenvalue weighted by Crippen LogP contribution is -2.08. The van der Waals surface area contributed by atoms with Crippen molar-refractivity contribution in [2.45, 2.75) is 26.7 Å². The van der Waals surface area contributed by atoms with Crippen LogP contribution < -0.4 is 4.74 Å². The van der Waals surface area contributed by atoms with Crippen LogP contribution in [0.3, 0.4) is 0 Å². The Morgan fingerprint density at radius 2 is 1.95 bits per heavy atom. The van der Waals surface area contributed by atoms with Crippen molar-refractivity contribution in [1.82, 2.24) is 9.97 Å². The summed E-state index contributed by atoms with van der Waals surface area (Å²) in [5.74, 6) is 1.07. The van der Waals surface area contributed by atoms with Gasteiger partial charge in [-0.15, -0.1) is 0 Å². The largest absolute Gasteiger partial charge is 0.497 e. The first-order valence-corrected chi connectivity index (χ1v) is 7.10. The topological polar surface area (TPSA) is 64.2 Å². The average Bonchev–Trinajstić information content (AvgIpc) is 2.92. The molecule has 1 aromatic heterocycles. The molecule has 1 heterocycles. The molecule has 0 aliphatic heterocycles. The Morgan fingerprint density at radius 1 is 1.24 bits per heavy atom. The fraction of sp³-hybridized carbons (Fsp3) is 0.375. The molecule has 5 nitrogen and oxygen atoms in total. The molecule has 0 fully saturated rings. The molecule has 0 aliphatic rings. The Kier molecular flexibility index (Phi) is 4.98. The van der Waals surface area contributed by atoms with E-state index in [0.29, 0.717) is 18.1 Å². The fourth-order valence-electron chi connectivity index (χ4n) is 2.09. The number of methoxy groups -OCH3 is 1. The molecule has 0 amide bonds. The van der Waals surface area contributed by atoms with Gasteiger partial charge >= 0.3 is 5.97 Å². The van der Waals surface area contributed by atoms with Gasteiger partial charge in [0, 0.05) is 11.3 Å². The highest BCUT2D eigenvalue weighted by atomic mass is 16.5. The van der Waals surface area contributed by atoms with Crippen molar-refractivity contribution in [2.24, 2.45) is 0 Å². The van der Waals surface area contributed by atoms with Crippen LogP contribution in [-0.4, -0.2) is 29.7 Å². The molecule has 0 unspecified atom stereocenters. The Bertz CT molecular complexity index is 602. The monoisotopic (exact) mass is 288 g/mol. The van der Waals surface area contributed by atoms with Gasteiger partial charge < -0.3 is 14.5 Å². The lowest BCUT2D eigenvalue weighted by Gasteiger charge is -2.00. The van der Waals surface area contributed by atoms with E-state index in [2.05, 4.69) is 16.9 Å². The number of hydrogen-bond acceptors (Lipinski definition) is 4. The molecule has 0 bridgehead atoms. The second kappa shape index (κ2) is 6.92.